The van der Waals surface area contributed by atoms with Gasteiger partial charge in [-0.05, 0) is 24.6 Å². The van der Waals surface area contributed by atoms with E-state index in [2.05, 4.69) is 0 Å². The molecule has 0 aliphatic rings. The zero-order chi connectivity index (χ0) is 13.5. The van der Waals surface area contributed by atoms with Gasteiger partial charge in [0.2, 0.25) is 0 Å². The number of rotatable bonds is 5. The first-order valence-electron chi connectivity index (χ1n) is 6.13. The van der Waals surface area contributed by atoms with Gasteiger partial charge in [0, 0.05) is 0 Å². The number of hydrogen-bond donors (Lipinski definition) is 0. The minimum Gasteiger partial charge on any atom is -0.482 e. The van der Waals surface area contributed by atoms with Crippen molar-refractivity contribution in [3.05, 3.63) is 65.7 Å². The molecule has 0 fully saturated rings. The lowest BCUT2D eigenvalue weighted by molar-refractivity contribution is -0.147. The zero-order valence-corrected chi connectivity index (χ0v) is 10.8. The summed E-state index contributed by atoms with van der Waals surface area (Å²) in [6.07, 6.45) is 0. The molecule has 0 atom stereocenters. The van der Waals surface area contributed by atoms with Crippen molar-refractivity contribution in [3.8, 4) is 5.75 Å². The van der Waals surface area contributed by atoms with Crippen molar-refractivity contribution in [3.63, 3.8) is 0 Å². The third kappa shape index (κ3) is 4.47. The summed E-state index contributed by atoms with van der Waals surface area (Å²) in [5.74, 6) is 0.298. The fraction of sp³-hybridized carbons (Fsp3) is 0.188. The van der Waals surface area contributed by atoms with Crippen LogP contribution in [0.5, 0.6) is 5.75 Å². The lowest BCUT2D eigenvalue weighted by Crippen LogP contribution is -2.14. The van der Waals surface area contributed by atoms with Crippen molar-refractivity contribution in [2.75, 3.05) is 6.61 Å². The number of esters is 1. The lowest BCUT2D eigenvalue weighted by Gasteiger charge is -2.07. The summed E-state index contributed by atoms with van der Waals surface area (Å²) in [4.78, 5) is 11.5. The molecule has 0 saturated heterocycles. The Balaban J connectivity index is 1.74. The van der Waals surface area contributed by atoms with Crippen LogP contribution in [0.15, 0.2) is 54.6 Å². The van der Waals surface area contributed by atoms with Gasteiger partial charge in [-0.3, -0.25) is 0 Å². The maximum absolute atomic E-state index is 11.5. The highest BCUT2D eigenvalue weighted by atomic mass is 16.6. The Bertz CT molecular complexity index is 517. The molecule has 2 aromatic carbocycles. The molecule has 19 heavy (non-hydrogen) atoms. The van der Waals surface area contributed by atoms with Gasteiger partial charge in [-0.1, -0.05) is 48.0 Å². The van der Waals surface area contributed by atoms with Crippen LogP contribution in [0.2, 0.25) is 0 Å². The Morgan fingerprint density at radius 3 is 2.37 bits per heavy atom. The predicted octanol–water partition coefficient (Wildman–Crippen LogP) is 3.12. The molecule has 0 heterocycles. The fourth-order valence-electron chi connectivity index (χ4n) is 1.56. The topological polar surface area (TPSA) is 35.5 Å². The highest BCUT2D eigenvalue weighted by Crippen LogP contribution is 2.11. The number of aryl methyl sites for hydroxylation is 1. The first-order chi connectivity index (χ1) is 9.24. The van der Waals surface area contributed by atoms with Gasteiger partial charge < -0.3 is 9.47 Å². The Labute approximate surface area is 112 Å². The quantitative estimate of drug-likeness (QED) is 0.771. The number of hydrogen-bond acceptors (Lipinski definition) is 3. The van der Waals surface area contributed by atoms with E-state index in [1.165, 1.54) is 0 Å². The molecule has 0 unspecified atom stereocenters. The van der Waals surface area contributed by atoms with Gasteiger partial charge in [0.1, 0.15) is 12.4 Å². The van der Waals surface area contributed by atoms with Gasteiger partial charge in [0.05, 0.1) is 0 Å². The monoisotopic (exact) mass is 256 g/mol. The van der Waals surface area contributed by atoms with E-state index in [4.69, 9.17) is 9.47 Å². The van der Waals surface area contributed by atoms with E-state index in [0.29, 0.717) is 5.75 Å². The van der Waals surface area contributed by atoms with Crippen molar-refractivity contribution in [1.29, 1.82) is 0 Å². The normalized spacial score (nSPS) is 9.95. The van der Waals surface area contributed by atoms with E-state index in [9.17, 15) is 4.79 Å². The minimum absolute atomic E-state index is 0.0735. The van der Waals surface area contributed by atoms with Crippen molar-refractivity contribution in [2.45, 2.75) is 13.5 Å². The van der Waals surface area contributed by atoms with E-state index >= 15 is 0 Å². The average molecular weight is 256 g/mol. The van der Waals surface area contributed by atoms with Crippen LogP contribution in [-0.2, 0) is 16.1 Å². The summed E-state index contributed by atoms with van der Waals surface area (Å²) >= 11 is 0. The molecular formula is C16H16O3. The molecule has 0 radical (unpaired) electrons. The summed E-state index contributed by atoms with van der Waals surface area (Å²) < 4.78 is 10.4. The SMILES string of the molecule is Cc1ccc(OCC(=O)OCc2ccccc2)cc1. The van der Waals surface area contributed by atoms with E-state index in [-0.39, 0.29) is 19.2 Å². The second-order valence-electron chi connectivity index (χ2n) is 4.25. The van der Waals surface area contributed by atoms with E-state index in [1.54, 1.807) is 0 Å². The molecule has 98 valence electrons. The standard InChI is InChI=1S/C16H16O3/c1-13-7-9-15(10-8-13)18-12-16(17)19-11-14-5-3-2-4-6-14/h2-10H,11-12H2,1H3. The minimum atomic E-state index is -0.371. The number of carbonyl (C=O) groups excluding carboxylic acids is 1. The Morgan fingerprint density at radius 2 is 1.68 bits per heavy atom. The summed E-state index contributed by atoms with van der Waals surface area (Å²) in [6.45, 7) is 2.20. The predicted molar refractivity (Wildman–Crippen MR) is 72.9 cm³/mol. The van der Waals surface area contributed by atoms with Gasteiger partial charge in [0.25, 0.3) is 0 Å². The zero-order valence-electron chi connectivity index (χ0n) is 10.8. The van der Waals surface area contributed by atoms with Crippen molar-refractivity contribution >= 4 is 5.97 Å². The van der Waals surface area contributed by atoms with Gasteiger partial charge in [0.15, 0.2) is 6.61 Å². The molecule has 0 bridgehead atoms. The van der Waals surface area contributed by atoms with Crippen molar-refractivity contribution in [1.82, 2.24) is 0 Å². The van der Waals surface area contributed by atoms with Crippen LogP contribution in [0.4, 0.5) is 0 Å². The first kappa shape index (κ1) is 13.1. The highest BCUT2D eigenvalue weighted by molar-refractivity contribution is 5.71. The summed E-state index contributed by atoms with van der Waals surface area (Å²) in [5.41, 5.74) is 2.12. The molecule has 2 rings (SSSR count). The molecule has 0 aliphatic carbocycles. The smallest absolute Gasteiger partial charge is 0.344 e. The second kappa shape index (κ2) is 6.59. The van der Waals surface area contributed by atoms with Crippen LogP contribution >= 0.6 is 0 Å². The molecule has 0 aromatic heterocycles. The molecule has 0 aliphatic heterocycles. The molecule has 0 saturated carbocycles. The summed E-state index contributed by atoms with van der Waals surface area (Å²) in [6, 6.07) is 17.1. The molecule has 3 heteroatoms. The van der Waals surface area contributed by atoms with Crippen molar-refractivity contribution < 1.29 is 14.3 Å². The van der Waals surface area contributed by atoms with Gasteiger partial charge in [-0.25, -0.2) is 4.79 Å². The Morgan fingerprint density at radius 1 is 1.00 bits per heavy atom. The van der Waals surface area contributed by atoms with Crippen LogP contribution in [0.1, 0.15) is 11.1 Å². The van der Waals surface area contributed by atoms with Crippen LogP contribution in [0.3, 0.4) is 0 Å². The Kier molecular flexibility index (Phi) is 4.56. The van der Waals surface area contributed by atoms with Crippen LogP contribution in [0.25, 0.3) is 0 Å². The molecule has 3 nitrogen and oxygen atoms in total. The van der Waals surface area contributed by atoms with Gasteiger partial charge in [-0.15, -0.1) is 0 Å². The summed E-state index contributed by atoms with van der Waals surface area (Å²) in [5, 5.41) is 0. The molecule has 2 aromatic rings. The van der Waals surface area contributed by atoms with E-state index in [1.807, 2.05) is 61.5 Å². The van der Waals surface area contributed by atoms with E-state index in [0.717, 1.165) is 11.1 Å². The molecule has 0 N–H and O–H groups in total. The number of benzene rings is 2. The van der Waals surface area contributed by atoms with E-state index < -0.39 is 0 Å². The molecular weight excluding hydrogens is 240 g/mol. The second-order valence-corrected chi connectivity index (χ2v) is 4.25. The summed E-state index contributed by atoms with van der Waals surface area (Å²) in [7, 11) is 0. The number of ether oxygens (including phenoxy) is 2. The van der Waals surface area contributed by atoms with Crippen LogP contribution in [0, 0.1) is 6.92 Å². The fourth-order valence-corrected chi connectivity index (χ4v) is 1.56. The van der Waals surface area contributed by atoms with Crippen LogP contribution < -0.4 is 4.74 Å². The van der Waals surface area contributed by atoms with Crippen LogP contribution in [-0.4, -0.2) is 12.6 Å². The lowest BCUT2D eigenvalue weighted by atomic mass is 10.2. The Hall–Kier alpha value is -2.29. The first-order valence-corrected chi connectivity index (χ1v) is 6.13. The molecule has 0 amide bonds. The number of carbonyl (C=O) groups is 1. The molecule has 0 spiro atoms. The third-order valence-electron chi connectivity index (χ3n) is 2.62. The van der Waals surface area contributed by atoms with Gasteiger partial charge in [-0.2, -0.15) is 0 Å². The van der Waals surface area contributed by atoms with Gasteiger partial charge >= 0.3 is 5.97 Å². The largest absolute Gasteiger partial charge is 0.482 e. The third-order valence-corrected chi connectivity index (χ3v) is 2.62. The van der Waals surface area contributed by atoms with Crippen molar-refractivity contribution in [2.24, 2.45) is 0 Å². The average Bonchev–Trinajstić information content (AvgIpc) is 2.45. The maximum Gasteiger partial charge on any atom is 0.344 e. The maximum atomic E-state index is 11.5. The highest BCUT2D eigenvalue weighted by Gasteiger charge is 2.04.